The molecule has 1 aliphatic rings. The minimum absolute atomic E-state index is 0.00777. The van der Waals surface area contributed by atoms with Gasteiger partial charge in [-0.05, 0) is 41.0 Å². The van der Waals surface area contributed by atoms with E-state index < -0.39 is 29.5 Å². The van der Waals surface area contributed by atoms with Crippen LogP contribution in [0.2, 0.25) is 0 Å². The number of anilines is 1. The minimum Gasteiger partial charge on any atom is -0.456 e. The highest BCUT2D eigenvalue weighted by Gasteiger charge is 2.34. The normalized spacial score (nSPS) is 14.8. The molecule has 0 saturated heterocycles. The highest BCUT2D eigenvalue weighted by atomic mass is 32.1. The van der Waals surface area contributed by atoms with Gasteiger partial charge in [-0.2, -0.15) is 13.2 Å². The number of hydrogen-bond acceptors (Lipinski definition) is 6. The molecule has 0 bridgehead atoms. The van der Waals surface area contributed by atoms with E-state index in [0.717, 1.165) is 47.4 Å². The van der Waals surface area contributed by atoms with Crippen molar-refractivity contribution in [2.75, 3.05) is 5.32 Å². The van der Waals surface area contributed by atoms with Gasteiger partial charge in [0.15, 0.2) is 5.69 Å². The number of aromatic nitrogens is 1. The van der Waals surface area contributed by atoms with Crippen LogP contribution >= 0.6 is 11.3 Å². The predicted octanol–water partition coefficient (Wildman–Crippen LogP) is 6.01. The van der Waals surface area contributed by atoms with Gasteiger partial charge in [-0.15, -0.1) is 0 Å². The molecule has 1 unspecified atom stereocenters. The molecule has 1 aromatic heterocycles. The van der Waals surface area contributed by atoms with Gasteiger partial charge in [-0.1, -0.05) is 74.6 Å². The number of halogens is 3. The third-order valence-corrected chi connectivity index (χ3v) is 7.07. The summed E-state index contributed by atoms with van der Waals surface area (Å²) in [6.07, 6.45) is -2.76. The standard InChI is InChI=1S/C27H28F3N3O3S/c1-26(2,3)17-9-7-15(8-10-17)14-36-25(35)21-24(32-19-11-12-19)37-23(33-21)20(22(31)34)16-5-4-6-18(13-16)27(28,29)30/h4-10,13,19-20,32H,11-12,14H2,1-3H3,(H2,31,34). The molecule has 1 heterocycles. The number of carbonyl (C=O) groups is 2. The highest BCUT2D eigenvalue weighted by Crippen LogP contribution is 2.38. The van der Waals surface area contributed by atoms with E-state index >= 15 is 0 Å². The number of amides is 1. The van der Waals surface area contributed by atoms with Crippen molar-refractivity contribution in [2.24, 2.45) is 5.73 Å². The summed E-state index contributed by atoms with van der Waals surface area (Å²) in [4.78, 5) is 29.7. The van der Waals surface area contributed by atoms with Crippen LogP contribution in [0, 0.1) is 0 Å². The van der Waals surface area contributed by atoms with E-state index in [1.807, 2.05) is 24.3 Å². The minimum atomic E-state index is -4.58. The molecule has 10 heteroatoms. The highest BCUT2D eigenvalue weighted by molar-refractivity contribution is 7.16. The zero-order valence-electron chi connectivity index (χ0n) is 20.7. The third kappa shape index (κ3) is 6.49. The molecule has 0 spiro atoms. The largest absolute Gasteiger partial charge is 0.456 e. The van der Waals surface area contributed by atoms with Crippen molar-refractivity contribution in [3.63, 3.8) is 0 Å². The lowest BCUT2D eigenvalue weighted by Crippen LogP contribution is -2.23. The Kier molecular flexibility index (Phi) is 7.32. The van der Waals surface area contributed by atoms with Gasteiger partial charge in [0.25, 0.3) is 0 Å². The molecule has 1 amide bonds. The van der Waals surface area contributed by atoms with Gasteiger partial charge in [0.2, 0.25) is 5.91 Å². The average Bonchev–Trinajstić information content (AvgIpc) is 3.54. The number of thiazole rings is 1. The fourth-order valence-electron chi connectivity index (χ4n) is 3.75. The van der Waals surface area contributed by atoms with E-state index in [1.54, 1.807) is 0 Å². The Hall–Kier alpha value is -3.40. The van der Waals surface area contributed by atoms with Crippen LogP contribution in [0.1, 0.15) is 77.3 Å². The summed E-state index contributed by atoms with van der Waals surface area (Å²) in [5.74, 6) is -2.82. The summed E-state index contributed by atoms with van der Waals surface area (Å²) in [6, 6.07) is 12.3. The van der Waals surface area contributed by atoms with Crippen LogP contribution in [-0.4, -0.2) is 22.9 Å². The number of primary amides is 1. The molecule has 6 nitrogen and oxygen atoms in total. The lowest BCUT2D eigenvalue weighted by atomic mass is 9.87. The Labute approximate surface area is 217 Å². The number of ether oxygens (including phenoxy) is 1. The van der Waals surface area contributed by atoms with Crippen molar-refractivity contribution < 1.29 is 27.5 Å². The van der Waals surface area contributed by atoms with Crippen molar-refractivity contribution in [3.05, 3.63) is 81.5 Å². The summed E-state index contributed by atoms with van der Waals surface area (Å²) in [5.41, 5.74) is 6.67. The van der Waals surface area contributed by atoms with Gasteiger partial charge in [0, 0.05) is 6.04 Å². The van der Waals surface area contributed by atoms with Gasteiger partial charge in [-0.25, -0.2) is 9.78 Å². The third-order valence-electron chi connectivity index (χ3n) is 6.02. The molecule has 4 rings (SSSR count). The topological polar surface area (TPSA) is 94.3 Å². The number of carbonyl (C=O) groups excluding carboxylic acids is 2. The first kappa shape index (κ1) is 26.7. The Morgan fingerprint density at radius 2 is 1.78 bits per heavy atom. The monoisotopic (exact) mass is 531 g/mol. The summed E-state index contributed by atoms with van der Waals surface area (Å²) in [6.45, 7) is 6.34. The molecule has 1 fully saturated rings. The van der Waals surface area contributed by atoms with Crippen LogP contribution in [0.15, 0.2) is 48.5 Å². The quantitative estimate of drug-likeness (QED) is 0.347. The van der Waals surface area contributed by atoms with E-state index in [0.29, 0.717) is 5.00 Å². The lowest BCUT2D eigenvalue weighted by Gasteiger charge is -2.19. The average molecular weight is 532 g/mol. The molecule has 196 valence electrons. The molecule has 37 heavy (non-hydrogen) atoms. The van der Waals surface area contributed by atoms with Gasteiger partial charge in [0.1, 0.15) is 22.5 Å². The van der Waals surface area contributed by atoms with Crippen LogP contribution in [0.4, 0.5) is 18.2 Å². The summed E-state index contributed by atoms with van der Waals surface area (Å²) in [5, 5.41) is 3.74. The van der Waals surface area contributed by atoms with Gasteiger partial charge in [0.05, 0.1) is 5.56 Å². The van der Waals surface area contributed by atoms with E-state index in [-0.39, 0.29) is 34.3 Å². The fourth-order valence-corrected chi connectivity index (χ4v) is 4.92. The molecule has 3 N–H and O–H groups in total. The van der Waals surface area contributed by atoms with Gasteiger partial charge >= 0.3 is 12.1 Å². The number of nitrogens with zero attached hydrogens (tertiary/aromatic N) is 1. The van der Waals surface area contributed by atoms with Crippen LogP contribution < -0.4 is 11.1 Å². The zero-order chi connectivity index (χ0) is 27.0. The first-order chi connectivity index (χ1) is 17.3. The molecule has 2 aromatic carbocycles. The lowest BCUT2D eigenvalue weighted by molar-refractivity contribution is -0.137. The van der Waals surface area contributed by atoms with Crippen LogP contribution in [0.25, 0.3) is 0 Å². The van der Waals surface area contributed by atoms with Crippen molar-refractivity contribution in [1.82, 2.24) is 4.98 Å². The van der Waals surface area contributed by atoms with Crippen molar-refractivity contribution in [2.45, 2.75) is 63.8 Å². The summed E-state index contributed by atoms with van der Waals surface area (Å²) < 4.78 is 45.3. The van der Waals surface area contributed by atoms with E-state index in [4.69, 9.17) is 10.5 Å². The molecular weight excluding hydrogens is 503 g/mol. The maximum Gasteiger partial charge on any atom is 0.416 e. The maximum absolute atomic E-state index is 13.3. The van der Waals surface area contributed by atoms with Crippen LogP contribution in [0.5, 0.6) is 0 Å². The number of hydrogen-bond donors (Lipinski definition) is 2. The number of nitrogens with two attached hydrogens (primary N) is 1. The Bertz CT molecular complexity index is 1290. The Balaban J connectivity index is 1.59. The first-order valence-corrected chi connectivity index (χ1v) is 12.6. The van der Waals surface area contributed by atoms with Crippen molar-refractivity contribution in [3.8, 4) is 0 Å². The van der Waals surface area contributed by atoms with Crippen molar-refractivity contribution in [1.29, 1.82) is 0 Å². The predicted molar refractivity (Wildman–Crippen MR) is 136 cm³/mol. The molecule has 0 aliphatic heterocycles. The molecule has 1 aliphatic carbocycles. The van der Waals surface area contributed by atoms with Gasteiger partial charge in [-0.3, -0.25) is 4.79 Å². The zero-order valence-corrected chi connectivity index (χ0v) is 21.5. The number of alkyl halides is 3. The molecular formula is C27H28F3N3O3S. The van der Waals surface area contributed by atoms with E-state index in [1.165, 1.54) is 12.1 Å². The number of benzene rings is 2. The smallest absolute Gasteiger partial charge is 0.416 e. The van der Waals surface area contributed by atoms with E-state index in [9.17, 15) is 22.8 Å². The molecule has 1 saturated carbocycles. The maximum atomic E-state index is 13.3. The second kappa shape index (κ2) is 10.2. The van der Waals surface area contributed by atoms with E-state index in [2.05, 4.69) is 31.1 Å². The summed E-state index contributed by atoms with van der Waals surface area (Å²) >= 11 is 1.02. The first-order valence-electron chi connectivity index (χ1n) is 11.8. The van der Waals surface area contributed by atoms with Gasteiger partial charge < -0.3 is 15.8 Å². The number of esters is 1. The molecule has 1 atom stereocenters. The van der Waals surface area contributed by atoms with Crippen LogP contribution in [-0.2, 0) is 27.7 Å². The second-order valence-electron chi connectivity index (χ2n) is 10.1. The van der Waals surface area contributed by atoms with Crippen molar-refractivity contribution >= 4 is 28.2 Å². The Morgan fingerprint density at radius 1 is 1.11 bits per heavy atom. The Morgan fingerprint density at radius 3 is 2.35 bits per heavy atom. The number of nitrogens with one attached hydrogen (secondary N) is 1. The van der Waals surface area contributed by atoms with Crippen LogP contribution in [0.3, 0.4) is 0 Å². The fraction of sp³-hybridized carbons (Fsp3) is 0.370. The summed E-state index contributed by atoms with van der Waals surface area (Å²) in [7, 11) is 0. The number of rotatable bonds is 8. The molecule has 0 radical (unpaired) electrons. The SMILES string of the molecule is CC(C)(C)c1ccc(COC(=O)c2nc(C(C(N)=O)c3cccc(C(F)(F)F)c3)sc2NC2CC2)cc1. The molecule has 3 aromatic rings. The second-order valence-corrected chi connectivity index (χ2v) is 11.2.